The maximum atomic E-state index is 2.32. The van der Waals surface area contributed by atoms with E-state index in [2.05, 4.69) is 90.1 Å². The Morgan fingerprint density at radius 1 is 0.524 bits per heavy atom. The van der Waals surface area contributed by atoms with Gasteiger partial charge in [-0.2, -0.15) is 0 Å². The van der Waals surface area contributed by atoms with Crippen LogP contribution in [-0.2, 0) is 10.8 Å². The van der Waals surface area contributed by atoms with E-state index < -0.39 is 0 Å². The molecule has 0 saturated heterocycles. The van der Waals surface area contributed by atoms with Gasteiger partial charge in [-0.1, -0.05) is 0 Å². The molecule has 1 heteroatoms. The van der Waals surface area contributed by atoms with E-state index in [4.69, 9.17) is 0 Å². The molecular weight excluding hydrogens is 315 g/mol. The Balaban J connectivity index is 2.12. The summed E-state index contributed by atoms with van der Waals surface area (Å²) in [5.74, 6) is 0. The van der Waals surface area contributed by atoms with Crippen molar-refractivity contribution in [3.8, 4) is 0 Å². The van der Waals surface area contributed by atoms with Gasteiger partial charge < -0.3 is 0 Å². The minimum atomic E-state index is -0.217. The second kappa shape index (κ2) is 6.01. The van der Waals surface area contributed by atoms with Crippen molar-refractivity contribution in [1.82, 2.24) is 0 Å². The molecule has 0 bridgehead atoms. The molecule has 0 atom stereocenters. The van der Waals surface area contributed by atoms with Crippen molar-refractivity contribution in [2.45, 2.75) is 52.4 Å². The summed E-state index contributed by atoms with van der Waals surface area (Å²) in [5.41, 5.74) is 3.32. The fourth-order valence-corrected chi connectivity index (χ4v) is 4.37. The Morgan fingerprint density at radius 2 is 0.810 bits per heavy atom. The second-order valence-corrected chi connectivity index (χ2v) is 10.7. The van der Waals surface area contributed by atoms with Gasteiger partial charge in [0, 0.05) is 0 Å². The Hall–Kier alpha value is -1.00. The number of rotatable bonds is 2. The van der Waals surface area contributed by atoms with Gasteiger partial charge in [0.1, 0.15) is 0 Å². The standard InChI is InChI=1S/C20H27As/c1-19(2,3)15-7-11-17(12-8-15)21-18-13-9-16(10-14-18)20(4,5)6/h7-14,21H,1-6H3. The van der Waals surface area contributed by atoms with Crippen molar-refractivity contribution in [2.24, 2.45) is 0 Å². The number of hydrogen-bond acceptors (Lipinski definition) is 0. The normalized spacial score (nSPS) is 12.5. The molecule has 0 heterocycles. The van der Waals surface area contributed by atoms with Gasteiger partial charge in [-0.15, -0.1) is 0 Å². The van der Waals surface area contributed by atoms with Crippen LogP contribution in [-0.4, -0.2) is 15.8 Å². The third-order valence-electron chi connectivity index (χ3n) is 3.79. The molecule has 0 fully saturated rings. The quantitative estimate of drug-likeness (QED) is 0.731. The SMILES string of the molecule is CC(C)(C)c1ccc([AsH]c2ccc(C(C)(C)C)cc2)cc1. The first-order chi connectivity index (χ1) is 9.66. The molecule has 0 spiro atoms. The fraction of sp³-hybridized carbons (Fsp3) is 0.400. The van der Waals surface area contributed by atoms with Crippen LogP contribution in [0.1, 0.15) is 52.7 Å². The monoisotopic (exact) mass is 342 g/mol. The fourth-order valence-electron chi connectivity index (χ4n) is 2.27. The Labute approximate surface area is 136 Å². The predicted octanol–water partition coefficient (Wildman–Crippen LogP) is 3.67. The average Bonchev–Trinajstić information content (AvgIpc) is 2.38. The van der Waals surface area contributed by atoms with Crippen molar-refractivity contribution in [3.63, 3.8) is 0 Å². The molecule has 0 aromatic heterocycles. The molecule has 0 N–H and O–H groups in total. The summed E-state index contributed by atoms with van der Waals surface area (Å²) >= 11 is -0.217. The Kier molecular flexibility index (Phi) is 4.69. The first kappa shape index (κ1) is 16.4. The van der Waals surface area contributed by atoms with Crippen LogP contribution >= 0.6 is 0 Å². The molecule has 0 amide bonds. The van der Waals surface area contributed by atoms with E-state index in [1.165, 1.54) is 19.8 Å². The molecule has 0 radical (unpaired) electrons. The molecule has 0 aliphatic rings. The summed E-state index contributed by atoms with van der Waals surface area (Å²) in [6.07, 6.45) is 0. The molecule has 2 rings (SSSR count). The first-order valence-corrected chi connectivity index (χ1v) is 9.74. The summed E-state index contributed by atoms with van der Waals surface area (Å²) < 4.78 is 3.01. The van der Waals surface area contributed by atoms with E-state index in [0.29, 0.717) is 0 Å². The number of hydrogen-bond donors (Lipinski definition) is 0. The summed E-state index contributed by atoms with van der Waals surface area (Å²) in [4.78, 5) is 0. The zero-order valence-corrected chi connectivity index (χ0v) is 16.2. The van der Waals surface area contributed by atoms with Crippen molar-refractivity contribution >= 4 is 24.5 Å². The molecule has 0 aliphatic carbocycles. The van der Waals surface area contributed by atoms with Crippen molar-refractivity contribution in [3.05, 3.63) is 59.7 Å². The van der Waals surface area contributed by atoms with Crippen molar-refractivity contribution < 1.29 is 0 Å². The molecule has 21 heavy (non-hydrogen) atoms. The zero-order valence-electron chi connectivity index (χ0n) is 14.1. The van der Waals surface area contributed by atoms with Crippen LogP contribution in [0.4, 0.5) is 0 Å². The molecule has 2 aromatic rings. The third kappa shape index (κ3) is 4.48. The van der Waals surface area contributed by atoms with Gasteiger partial charge in [0.05, 0.1) is 0 Å². The Bertz CT molecular complexity index is 522. The second-order valence-electron chi connectivity index (χ2n) is 7.78. The molecule has 0 nitrogen and oxygen atoms in total. The molecule has 2 aromatic carbocycles. The van der Waals surface area contributed by atoms with E-state index in [1.54, 1.807) is 0 Å². The van der Waals surface area contributed by atoms with Crippen LogP contribution in [0.5, 0.6) is 0 Å². The summed E-state index contributed by atoms with van der Waals surface area (Å²) in [5, 5.41) is 0. The van der Waals surface area contributed by atoms with Crippen LogP contribution < -0.4 is 8.70 Å². The van der Waals surface area contributed by atoms with Crippen LogP contribution in [0.15, 0.2) is 48.5 Å². The Morgan fingerprint density at radius 3 is 1.05 bits per heavy atom. The van der Waals surface area contributed by atoms with Gasteiger partial charge in [0.15, 0.2) is 0 Å². The topological polar surface area (TPSA) is 0 Å². The third-order valence-corrected chi connectivity index (χ3v) is 6.40. The van der Waals surface area contributed by atoms with Crippen LogP contribution in [0.3, 0.4) is 0 Å². The summed E-state index contributed by atoms with van der Waals surface area (Å²) in [6.45, 7) is 13.6. The van der Waals surface area contributed by atoms with Gasteiger partial charge in [-0.25, -0.2) is 0 Å². The summed E-state index contributed by atoms with van der Waals surface area (Å²) in [7, 11) is 0. The van der Waals surface area contributed by atoms with Crippen molar-refractivity contribution in [1.29, 1.82) is 0 Å². The predicted molar refractivity (Wildman–Crippen MR) is 96.7 cm³/mol. The molecule has 0 saturated carbocycles. The average molecular weight is 342 g/mol. The van der Waals surface area contributed by atoms with E-state index in [0.717, 1.165) is 0 Å². The number of benzene rings is 2. The first-order valence-electron chi connectivity index (χ1n) is 7.64. The van der Waals surface area contributed by atoms with Gasteiger partial charge in [-0.3, -0.25) is 0 Å². The van der Waals surface area contributed by atoms with Gasteiger partial charge >= 0.3 is 136 Å². The van der Waals surface area contributed by atoms with Gasteiger partial charge in [0.25, 0.3) is 0 Å². The van der Waals surface area contributed by atoms with E-state index in [-0.39, 0.29) is 26.6 Å². The van der Waals surface area contributed by atoms with Gasteiger partial charge in [-0.05, 0) is 0 Å². The molecular formula is C20H27As. The zero-order chi connectivity index (χ0) is 15.7. The van der Waals surface area contributed by atoms with E-state index >= 15 is 0 Å². The van der Waals surface area contributed by atoms with Crippen LogP contribution in [0.2, 0.25) is 0 Å². The van der Waals surface area contributed by atoms with E-state index in [9.17, 15) is 0 Å². The van der Waals surface area contributed by atoms with Crippen LogP contribution in [0.25, 0.3) is 0 Å². The van der Waals surface area contributed by atoms with Gasteiger partial charge in [0.2, 0.25) is 0 Å². The molecule has 112 valence electrons. The molecule has 0 unspecified atom stereocenters. The molecule has 0 aliphatic heterocycles. The maximum absolute atomic E-state index is 2.32. The summed E-state index contributed by atoms with van der Waals surface area (Å²) in [6, 6.07) is 18.4. The van der Waals surface area contributed by atoms with E-state index in [1.807, 2.05) is 0 Å². The van der Waals surface area contributed by atoms with Crippen molar-refractivity contribution in [2.75, 3.05) is 0 Å². The van der Waals surface area contributed by atoms with Crippen LogP contribution in [0, 0.1) is 0 Å². The minimum absolute atomic E-state index is 0.217.